The number of allylic oxidation sites excluding steroid dienone is 2. The van der Waals surface area contributed by atoms with Crippen LogP contribution in [0.3, 0.4) is 0 Å². The largest absolute Gasteiger partial charge is 0.466 e. The Balaban J connectivity index is 2.41. The topological polar surface area (TPSA) is 64.6 Å². The van der Waals surface area contributed by atoms with Crippen molar-refractivity contribution in [1.29, 1.82) is 0 Å². The van der Waals surface area contributed by atoms with Crippen molar-refractivity contribution in [2.24, 2.45) is 0 Å². The Morgan fingerprint density at radius 3 is 2.24 bits per heavy atom. The van der Waals surface area contributed by atoms with Gasteiger partial charge in [0, 0.05) is 5.70 Å². The molecular weight excluding hydrogens is 363 g/mol. The van der Waals surface area contributed by atoms with Gasteiger partial charge in [-0.1, -0.05) is 18.2 Å². The van der Waals surface area contributed by atoms with Gasteiger partial charge in [-0.15, -0.1) is 11.6 Å². The third-order valence-corrected chi connectivity index (χ3v) is 3.79. The predicted molar refractivity (Wildman–Crippen MR) is 82.7 cm³/mol. The summed E-state index contributed by atoms with van der Waals surface area (Å²) in [4.78, 5) is 24.1. The molecule has 1 unspecified atom stereocenters. The second-order valence-corrected chi connectivity index (χ2v) is 5.44. The van der Waals surface area contributed by atoms with E-state index >= 15 is 0 Å². The number of carbonyl (C=O) groups is 2. The predicted octanol–water partition coefficient (Wildman–Crippen LogP) is 3.07. The fraction of sp³-hybridized carbons (Fsp3) is 0.250. The number of rotatable bonds is 3. The lowest BCUT2D eigenvalue weighted by molar-refractivity contribution is -0.138. The van der Waals surface area contributed by atoms with E-state index in [1.165, 1.54) is 19.1 Å². The van der Waals surface area contributed by atoms with Crippen LogP contribution in [-0.2, 0) is 14.3 Å². The number of nitrogens with one attached hydrogen (secondary N) is 1. The van der Waals surface area contributed by atoms with Crippen molar-refractivity contribution in [3.8, 4) is 5.75 Å². The smallest absolute Gasteiger partial charge is 0.431 e. The fourth-order valence-corrected chi connectivity index (χ4v) is 2.68. The molecule has 0 bridgehead atoms. The zero-order valence-corrected chi connectivity index (χ0v) is 13.9. The molecular formula is C16H13ClF3NO4. The summed E-state index contributed by atoms with van der Waals surface area (Å²) in [6, 6.07) is 7.91. The van der Waals surface area contributed by atoms with Crippen LogP contribution in [0, 0.1) is 0 Å². The Morgan fingerprint density at radius 1 is 1.12 bits per heavy atom. The van der Waals surface area contributed by atoms with Crippen LogP contribution in [0.2, 0.25) is 0 Å². The summed E-state index contributed by atoms with van der Waals surface area (Å²) in [7, 11) is 0.917. The quantitative estimate of drug-likeness (QED) is 0.500. The maximum Gasteiger partial charge on any atom is 0.431 e. The van der Waals surface area contributed by atoms with Crippen LogP contribution >= 0.6 is 11.6 Å². The Kier molecular flexibility index (Phi) is 5.42. The van der Waals surface area contributed by atoms with Gasteiger partial charge in [0.25, 0.3) is 0 Å². The van der Waals surface area contributed by atoms with E-state index in [-0.39, 0.29) is 17.0 Å². The summed E-state index contributed by atoms with van der Waals surface area (Å²) >= 11 is 6.02. The molecule has 1 aliphatic rings. The minimum absolute atomic E-state index is 0.166. The van der Waals surface area contributed by atoms with Crippen molar-refractivity contribution < 1.29 is 32.2 Å². The fourth-order valence-electron chi connectivity index (χ4n) is 2.23. The molecule has 1 aromatic rings. The van der Waals surface area contributed by atoms with Crippen LogP contribution in [0.15, 0.2) is 52.9 Å². The van der Waals surface area contributed by atoms with Crippen molar-refractivity contribution in [3.05, 3.63) is 52.9 Å². The second kappa shape index (κ2) is 7.18. The number of dihydropyridines is 1. The van der Waals surface area contributed by atoms with Crippen molar-refractivity contribution in [2.75, 3.05) is 7.11 Å². The van der Waals surface area contributed by atoms with E-state index in [4.69, 9.17) is 16.3 Å². The molecule has 0 aromatic heterocycles. The molecule has 1 aromatic carbocycles. The molecule has 1 N–H and O–H groups in total. The number of carbonyl (C=O) groups excluding carboxylic acids is 2. The molecule has 5 nitrogen and oxygen atoms in total. The molecule has 0 fully saturated rings. The minimum Gasteiger partial charge on any atom is -0.466 e. The summed E-state index contributed by atoms with van der Waals surface area (Å²) in [5.74, 6) is -2.09. The zero-order valence-electron chi connectivity index (χ0n) is 13.1. The van der Waals surface area contributed by atoms with E-state index in [2.05, 4.69) is 4.74 Å². The third-order valence-electron chi connectivity index (χ3n) is 3.36. The first-order valence-electron chi connectivity index (χ1n) is 6.95. The molecule has 1 aliphatic heterocycles. The number of para-hydroxylation sites is 1. The van der Waals surface area contributed by atoms with Gasteiger partial charge < -0.3 is 14.8 Å². The highest BCUT2D eigenvalue weighted by molar-refractivity contribution is 6.30. The van der Waals surface area contributed by atoms with Gasteiger partial charge in [0.15, 0.2) is 0 Å². The highest BCUT2D eigenvalue weighted by atomic mass is 35.5. The van der Waals surface area contributed by atoms with Crippen molar-refractivity contribution in [2.45, 2.75) is 18.5 Å². The van der Waals surface area contributed by atoms with Gasteiger partial charge in [-0.05, 0) is 19.1 Å². The van der Waals surface area contributed by atoms with E-state index in [0.717, 1.165) is 7.11 Å². The molecule has 0 amide bonds. The van der Waals surface area contributed by atoms with E-state index in [9.17, 15) is 22.8 Å². The number of benzene rings is 1. The number of methoxy groups -OCH3 is 1. The Labute approximate surface area is 146 Å². The summed E-state index contributed by atoms with van der Waals surface area (Å²) < 4.78 is 49.0. The molecule has 0 spiro atoms. The average molecular weight is 376 g/mol. The van der Waals surface area contributed by atoms with Gasteiger partial charge in [-0.25, -0.2) is 9.59 Å². The van der Waals surface area contributed by atoms with E-state index < -0.39 is 34.8 Å². The Bertz CT molecular complexity index is 756. The first-order valence-corrected chi connectivity index (χ1v) is 7.39. The van der Waals surface area contributed by atoms with Crippen LogP contribution < -0.4 is 10.1 Å². The van der Waals surface area contributed by atoms with Gasteiger partial charge in [0.2, 0.25) is 0 Å². The number of ether oxygens (including phenoxy) is 2. The van der Waals surface area contributed by atoms with Gasteiger partial charge in [0.1, 0.15) is 16.8 Å². The van der Waals surface area contributed by atoms with E-state index in [1.54, 1.807) is 18.2 Å². The molecule has 25 heavy (non-hydrogen) atoms. The standard InChI is InChI=1S/C16H13ClF3NO4/c1-8-10(15(23)25-9-6-4-3-5-7-9)12(17)11(14(22)24-2)13(21-8)16(18,19)20/h3-7,12,21H,1-2H3. The van der Waals surface area contributed by atoms with Gasteiger partial charge in [-0.3, -0.25) is 0 Å². The third kappa shape index (κ3) is 3.96. The highest BCUT2D eigenvalue weighted by Crippen LogP contribution is 2.37. The van der Waals surface area contributed by atoms with E-state index in [1.807, 2.05) is 5.32 Å². The number of alkyl halides is 4. The SMILES string of the molecule is COC(=O)C1=C(C(F)(F)F)NC(C)=C(C(=O)Oc2ccccc2)C1Cl. The lowest BCUT2D eigenvalue weighted by Crippen LogP contribution is -2.40. The maximum atomic E-state index is 13.2. The lowest BCUT2D eigenvalue weighted by atomic mass is 9.96. The highest BCUT2D eigenvalue weighted by Gasteiger charge is 2.46. The molecule has 1 heterocycles. The summed E-state index contributed by atoms with van der Waals surface area (Å²) in [6.07, 6.45) is -4.88. The van der Waals surface area contributed by atoms with Gasteiger partial charge in [-0.2, -0.15) is 13.2 Å². The van der Waals surface area contributed by atoms with Crippen LogP contribution in [0.25, 0.3) is 0 Å². The molecule has 0 saturated carbocycles. The molecule has 134 valence electrons. The first-order chi connectivity index (χ1) is 11.7. The molecule has 1 atom stereocenters. The first kappa shape index (κ1) is 18.9. The van der Waals surface area contributed by atoms with Crippen LogP contribution in [0.1, 0.15) is 6.92 Å². The Morgan fingerprint density at radius 2 is 1.72 bits per heavy atom. The molecule has 0 aliphatic carbocycles. The van der Waals surface area contributed by atoms with Crippen molar-refractivity contribution in [1.82, 2.24) is 5.32 Å². The normalized spacial score (nSPS) is 17.9. The number of halogens is 4. The molecule has 9 heteroatoms. The summed E-state index contributed by atoms with van der Waals surface area (Å²) in [5.41, 5.74) is -2.74. The zero-order chi connectivity index (χ0) is 18.8. The lowest BCUT2D eigenvalue weighted by Gasteiger charge is -2.28. The molecule has 0 radical (unpaired) electrons. The number of hydrogen-bond donors (Lipinski definition) is 1. The number of esters is 2. The maximum absolute atomic E-state index is 13.2. The van der Waals surface area contributed by atoms with Crippen LogP contribution in [-0.4, -0.2) is 30.6 Å². The molecule has 0 saturated heterocycles. The summed E-state index contributed by atoms with van der Waals surface area (Å²) in [5, 5.41) is 0.338. The second-order valence-electron chi connectivity index (χ2n) is 5.01. The monoisotopic (exact) mass is 375 g/mol. The minimum atomic E-state index is -4.88. The average Bonchev–Trinajstić information content (AvgIpc) is 2.53. The van der Waals surface area contributed by atoms with Crippen LogP contribution in [0.5, 0.6) is 5.75 Å². The van der Waals surface area contributed by atoms with Crippen LogP contribution in [0.4, 0.5) is 13.2 Å². The Hall–Kier alpha value is -2.48. The summed E-state index contributed by atoms with van der Waals surface area (Å²) in [6.45, 7) is 1.23. The van der Waals surface area contributed by atoms with Gasteiger partial charge in [0.05, 0.1) is 18.3 Å². The van der Waals surface area contributed by atoms with Gasteiger partial charge >= 0.3 is 18.1 Å². The van der Waals surface area contributed by atoms with E-state index in [0.29, 0.717) is 0 Å². The molecule has 2 rings (SSSR count). The number of hydrogen-bond acceptors (Lipinski definition) is 5. The van der Waals surface area contributed by atoms with Crippen molar-refractivity contribution in [3.63, 3.8) is 0 Å². The van der Waals surface area contributed by atoms with Crippen molar-refractivity contribution >= 4 is 23.5 Å².